The monoisotopic (exact) mass is 290 g/mol. The Balaban J connectivity index is 2.02. The second-order valence-electron chi connectivity index (χ2n) is 4.82. The number of ether oxygens (including phenoxy) is 1. The smallest absolute Gasteiger partial charge is 0.131 e. The van der Waals surface area contributed by atoms with E-state index in [2.05, 4.69) is 24.2 Å². The third kappa shape index (κ3) is 3.81. The van der Waals surface area contributed by atoms with Crippen molar-refractivity contribution in [3.8, 4) is 5.75 Å². The molecule has 0 spiro atoms. The first kappa shape index (κ1) is 15.0. The maximum Gasteiger partial charge on any atom is 0.131 e. The van der Waals surface area contributed by atoms with Crippen LogP contribution in [0.4, 0.5) is 0 Å². The van der Waals surface area contributed by atoms with Crippen molar-refractivity contribution in [3.63, 3.8) is 0 Å². The summed E-state index contributed by atoms with van der Waals surface area (Å²) in [5.74, 6) is 0.867. The van der Waals surface area contributed by atoms with Crippen molar-refractivity contribution in [2.24, 2.45) is 5.73 Å². The molecule has 2 rings (SSSR count). The topological polar surface area (TPSA) is 48.1 Å². The standard InChI is InChI=1S/C16H22N2OS/c1-3-7-16-18-12(11-20-16)10-19-15-9-6-5-8-13(15)14(17)4-2/h5-6,8-9,11,14H,3-4,7,10,17H2,1-2H3/t14-/m1/s1. The molecule has 0 aliphatic rings. The molecule has 4 heteroatoms. The van der Waals surface area contributed by atoms with E-state index in [1.165, 1.54) is 5.01 Å². The second-order valence-corrected chi connectivity index (χ2v) is 5.77. The number of nitrogens with two attached hydrogens (primary N) is 1. The van der Waals surface area contributed by atoms with Crippen molar-refractivity contribution < 1.29 is 4.74 Å². The Morgan fingerprint density at radius 2 is 2.10 bits per heavy atom. The predicted octanol–water partition coefficient (Wildman–Crippen LogP) is 4.08. The van der Waals surface area contributed by atoms with Crippen LogP contribution in [0.5, 0.6) is 5.75 Å². The van der Waals surface area contributed by atoms with Crippen LogP contribution in [0.25, 0.3) is 0 Å². The minimum Gasteiger partial charge on any atom is -0.487 e. The number of para-hydroxylation sites is 1. The maximum atomic E-state index is 6.11. The van der Waals surface area contributed by atoms with Crippen LogP contribution >= 0.6 is 11.3 Å². The molecule has 0 bridgehead atoms. The molecule has 20 heavy (non-hydrogen) atoms. The molecule has 1 aromatic carbocycles. The summed E-state index contributed by atoms with van der Waals surface area (Å²) in [5.41, 5.74) is 8.18. The molecule has 0 aliphatic heterocycles. The lowest BCUT2D eigenvalue weighted by molar-refractivity contribution is 0.296. The first-order valence-corrected chi connectivity index (χ1v) is 8.03. The third-order valence-corrected chi connectivity index (χ3v) is 4.15. The zero-order valence-electron chi connectivity index (χ0n) is 12.1. The quantitative estimate of drug-likeness (QED) is 0.835. The van der Waals surface area contributed by atoms with Crippen LogP contribution in [-0.2, 0) is 13.0 Å². The predicted molar refractivity (Wildman–Crippen MR) is 84.1 cm³/mol. The number of rotatable bonds is 7. The first-order chi connectivity index (χ1) is 9.74. The van der Waals surface area contributed by atoms with Crippen LogP contribution in [0.1, 0.15) is 49.0 Å². The van der Waals surface area contributed by atoms with Gasteiger partial charge in [0.05, 0.1) is 10.7 Å². The summed E-state index contributed by atoms with van der Waals surface area (Å²) >= 11 is 1.71. The highest BCUT2D eigenvalue weighted by Crippen LogP contribution is 2.26. The Morgan fingerprint density at radius 3 is 2.85 bits per heavy atom. The van der Waals surface area contributed by atoms with Crippen molar-refractivity contribution in [1.29, 1.82) is 0 Å². The van der Waals surface area contributed by atoms with Crippen LogP contribution in [0.3, 0.4) is 0 Å². The molecule has 1 heterocycles. The van der Waals surface area contributed by atoms with Gasteiger partial charge in [-0.3, -0.25) is 0 Å². The maximum absolute atomic E-state index is 6.11. The van der Waals surface area contributed by atoms with Crippen LogP contribution < -0.4 is 10.5 Å². The van der Waals surface area contributed by atoms with Gasteiger partial charge in [0.15, 0.2) is 0 Å². The van der Waals surface area contributed by atoms with Crippen molar-refractivity contribution in [1.82, 2.24) is 4.98 Å². The molecule has 0 saturated heterocycles. The highest BCUT2D eigenvalue weighted by molar-refractivity contribution is 7.09. The zero-order chi connectivity index (χ0) is 14.4. The van der Waals surface area contributed by atoms with E-state index >= 15 is 0 Å². The minimum atomic E-state index is 0.0253. The van der Waals surface area contributed by atoms with E-state index in [-0.39, 0.29) is 6.04 Å². The SMILES string of the molecule is CCCc1nc(COc2ccccc2[C@H](N)CC)cs1. The molecule has 1 atom stereocenters. The lowest BCUT2D eigenvalue weighted by Gasteiger charge is -2.15. The number of thiazole rings is 1. The number of benzene rings is 1. The molecule has 0 unspecified atom stereocenters. The van der Waals surface area contributed by atoms with Gasteiger partial charge in [0.2, 0.25) is 0 Å². The van der Waals surface area contributed by atoms with Gasteiger partial charge in [-0.25, -0.2) is 4.98 Å². The van der Waals surface area contributed by atoms with Crippen molar-refractivity contribution >= 4 is 11.3 Å². The molecule has 108 valence electrons. The Labute approximate surface area is 124 Å². The van der Waals surface area contributed by atoms with Gasteiger partial charge in [-0.2, -0.15) is 0 Å². The Hall–Kier alpha value is -1.39. The van der Waals surface area contributed by atoms with Gasteiger partial charge < -0.3 is 10.5 Å². The van der Waals surface area contributed by atoms with Crippen molar-refractivity contribution in [2.75, 3.05) is 0 Å². The van der Waals surface area contributed by atoms with Crippen molar-refractivity contribution in [3.05, 3.63) is 45.9 Å². The van der Waals surface area contributed by atoms with Crippen LogP contribution in [0, 0.1) is 0 Å². The Morgan fingerprint density at radius 1 is 1.30 bits per heavy atom. The molecule has 0 amide bonds. The number of hydrogen-bond acceptors (Lipinski definition) is 4. The van der Waals surface area contributed by atoms with Crippen molar-refractivity contribution in [2.45, 2.75) is 45.8 Å². The normalized spacial score (nSPS) is 12.3. The summed E-state index contributed by atoms with van der Waals surface area (Å²) in [5, 5.41) is 3.26. The van der Waals surface area contributed by atoms with Gasteiger partial charge in [-0.15, -0.1) is 11.3 Å². The average Bonchev–Trinajstić information content (AvgIpc) is 2.93. The van der Waals surface area contributed by atoms with Gasteiger partial charge in [0, 0.05) is 17.0 Å². The fourth-order valence-corrected chi connectivity index (χ4v) is 2.92. The summed E-state index contributed by atoms with van der Waals surface area (Å²) in [7, 11) is 0. The number of aromatic nitrogens is 1. The first-order valence-electron chi connectivity index (χ1n) is 7.15. The van der Waals surface area contributed by atoms with Crippen LogP contribution in [0.2, 0.25) is 0 Å². The molecular formula is C16H22N2OS. The van der Waals surface area contributed by atoms with Gasteiger partial charge in [0.1, 0.15) is 12.4 Å². The van der Waals surface area contributed by atoms with E-state index in [0.717, 1.165) is 36.3 Å². The molecule has 0 radical (unpaired) electrons. The average molecular weight is 290 g/mol. The molecule has 1 aromatic heterocycles. The van der Waals surface area contributed by atoms with Gasteiger partial charge in [0.25, 0.3) is 0 Å². The van der Waals surface area contributed by atoms with E-state index < -0.39 is 0 Å². The van der Waals surface area contributed by atoms with Gasteiger partial charge >= 0.3 is 0 Å². The van der Waals surface area contributed by atoms with Crippen LogP contribution in [-0.4, -0.2) is 4.98 Å². The highest BCUT2D eigenvalue weighted by Gasteiger charge is 2.10. The summed E-state index contributed by atoms with van der Waals surface area (Å²) in [4.78, 5) is 4.57. The number of hydrogen-bond donors (Lipinski definition) is 1. The Kier molecular flexibility index (Phi) is 5.56. The summed E-state index contributed by atoms with van der Waals surface area (Å²) in [6.07, 6.45) is 3.07. The molecule has 0 aliphatic carbocycles. The van der Waals surface area contributed by atoms with E-state index in [4.69, 9.17) is 10.5 Å². The highest BCUT2D eigenvalue weighted by atomic mass is 32.1. The minimum absolute atomic E-state index is 0.0253. The molecule has 0 saturated carbocycles. The second kappa shape index (κ2) is 7.41. The fraction of sp³-hybridized carbons (Fsp3) is 0.438. The third-order valence-electron chi connectivity index (χ3n) is 3.20. The lowest BCUT2D eigenvalue weighted by atomic mass is 10.0. The van der Waals surface area contributed by atoms with Crippen LogP contribution in [0.15, 0.2) is 29.6 Å². The van der Waals surface area contributed by atoms with Gasteiger partial charge in [-0.1, -0.05) is 32.0 Å². The van der Waals surface area contributed by atoms with E-state index in [1.807, 2.05) is 24.3 Å². The Bertz CT molecular complexity index is 539. The summed E-state index contributed by atoms with van der Waals surface area (Å²) in [6, 6.07) is 8.01. The summed E-state index contributed by atoms with van der Waals surface area (Å²) in [6.45, 7) is 4.76. The molecule has 0 fully saturated rings. The molecule has 2 N–H and O–H groups in total. The molecule has 3 nitrogen and oxygen atoms in total. The van der Waals surface area contributed by atoms with E-state index in [1.54, 1.807) is 11.3 Å². The van der Waals surface area contributed by atoms with E-state index in [0.29, 0.717) is 6.61 Å². The largest absolute Gasteiger partial charge is 0.487 e. The lowest BCUT2D eigenvalue weighted by Crippen LogP contribution is -2.10. The molecule has 2 aromatic rings. The zero-order valence-corrected chi connectivity index (χ0v) is 13.0. The summed E-state index contributed by atoms with van der Waals surface area (Å²) < 4.78 is 5.90. The fourth-order valence-electron chi connectivity index (χ4n) is 2.03. The van der Waals surface area contributed by atoms with Gasteiger partial charge in [-0.05, 0) is 25.3 Å². The molecular weight excluding hydrogens is 268 g/mol. The van der Waals surface area contributed by atoms with E-state index in [9.17, 15) is 0 Å². The number of nitrogens with zero attached hydrogens (tertiary/aromatic N) is 1. The number of aryl methyl sites for hydroxylation is 1.